The van der Waals surface area contributed by atoms with Gasteiger partial charge in [-0.25, -0.2) is 0 Å². The number of rotatable bonds is 3. The summed E-state index contributed by atoms with van der Waals surface area (Å²) in [6, 6.07) is 5.69. The fraction of sp³-hybridized carbons (Fsp3) is 0.417. The summed E-state index contributed by atoms with van der Waals surface area (Å²) < 4.78 is 7.12. The SMILES string of the molecule is O=C(C[NH+]1CCOCC1)Nc1ccc(Br)cc1Br. The lowest BCUT2D eigenvalue weighted by molar-refractivity contribution is -0.899. The second kappa shape index (κ2) is 6.65. The molecule has 0 aliphatic carbocycles. The molecule has 1 aromatic carbocycles. The van der Waals surface area contributed by atoms with E-state index in [0.29, 0.717) is 6.54 Å². The summed E-state index contributed by atoms with van der Waals surface area (Å²) >= 11 is 6.81. The Kier molecular flexibility index (Phi) is 5.17. The number of halogens is 2. The minimum absolute atomic E-state index is 0.0370. The Morgan fingerprint density at radius 2 is 2.06 bits per heavy atom. The molecule has 98 valence electrons. The van der Waals surface area contributed by atoms with E-state index in [-0.39, 0.29) is 5.91 Å². The minimum atomic E-state index is 0.0370. The van der Waals surface area contributed by atoms with Gasteiger partial charge in [-0.2, -0.15) is 0 Å². The van der Waals surface area contributed by atoms with Crippen molar-refractivity contribution in [3.63, 3.8) is 0 Å². The van der Waals surface area contributed by atoms with Gasteiger partial charge in [0, 0.05) is 8.95 Å². The highest BCUT2D eigenvalue weighted by molar-refractivity contribution is 9.11. The van der Waals surface area contributed by atoms with Gasteiger partial charge < -0.3 is 15.0 Å². The Labute approximate surface area is 123 Å². The van der Waals surface area contributed by atoms with E-state index in [4.69, 9.17) is 4.74 Å². The molecule has 0 unspecified atom stereocenters. The molecule has 1 aliphatic rings. The van der Waals surface area contributed by atoms with Gasteiger partial charge >= 0.3 is 0 Å². The highest BCUT2D eigenvalue weighted by Gasteiger charge is 2.18. The van der Waals surface area contributed by atoms with E-state index in [9.17, 15) is 4.79 Å². The molecule has 0 atom stereocenters. The molecule has 1 heterocycles. The lowest BCUT2D eigenvalue weighted by atomic mass is 10.3. The van der Waals surface area contributed by atoms with Gasteiger partial charge in [0.05, 0.1) is 18.9 Å². The van der Waals surface area contributed by atoms with Crippen LogP contribution in [-0.2, 0) is 9.53 Å². The molecular weight excluding hydrogens is 364 g/mol. The van der Waals surface area contributed by atoms with Crippen molar-refractivity contribution in [1.29, 1.82) is 0 Å². The number of amides is 1. The highest BCUT2D eigenvalue weighted by Crippen LogP contribution is 2.25. The topological polar surface area (TPSA) is 42.8 Å². The first-order valence-corrected chi connectivity index (χ1v) is 7.40. The van der Waals surface area contributed by atoms with Gasteiger partial charge in [-0.15, -0.1) is 0 Å². The van der Waals surface area contributed by atoms with Crippen LogP contribution in [0.25, 0.3) is 0 Å². The molecule has 18 heavy (non-hydrogen) atoms. The lowest BCUT2D eigenvalue weighted by Crippen LogP contribution is -3.15. The summed E-state index contributed by atoms with van der Waals surface area (Å²) in [6.07, 6.45) is 0. The molecule has 1 saturated heterocycles. The van der Waals surface area contributed by atoms with E-state index in [1.54, 1.807) is 0 Å². The van der Waals surface area contributed by atoms with Crippen molar-refractivity contribution < 1.29 is 14.4 Å². The molecule has 1 fully saturated rings. The molecule has 0 bridgehead atoms. The minimum Gasteiger partial charge on any atom is -0.370 e. The molecule has 1 amide bonds. The zero-order chi connectivity index (χ0) is 13.0. The Bertz CT molecular complexity index is 434. The molecule has 0 aromatic heterocycles. The van der Waals surface area contributed by atoms with Crippen molar-refractivity contribution in [2.75, 3.05) is 38.2 Å². The van der Waals surface area contributed by atoms with Crippen LogP contribution < -0.4 is 10.2 Å². The van der Waals surface area contributed by atoms with Gasteiger partial charge in [0.25, 0.3) is 5.91 Å². The van der Waals surface area contributed by atoms with Crippen LogP contribution in [0.5, 0.6) is 0 Å². The van der Waals surface area contributed by atoms with Crippen LogP contribution in [0.2, 0.25) is 0 Å². The second-order valence-corrected chi connectivity index (χ2v) is 5.98. The van der Waals surface area contributed by atoms with Crippen LogP contribution in [0, 0.1) is 0 Å². The van der Waals surface area contributed by atoms with Gasteiger partial charge in [0.2, 0.25) is 0 Å². The van der Waals surface area contributed by atoms with Gasteiger partial charge in [-0.05, 0) is 34.1 Å². The molecule has 0 spiro atoms. The van der Waals surface area contributed by atoms with Crippen LogP contribution in [-0.4, -0.2) is 38.8 Å². The Morgan fingerprint density at radius 1 is 1.33 bits per heavy atom. The fourth-order valence-corrected chi connectivity index (χ4v) is 3.00. The van der Waals surface area contributed by atoms with Crippen LogP contribution in [0.1, 0.15) is 0 Å². The number of benzene rings is 1. The Hall–Kier alpha value is -0.430. The van der Waals surface area contributed by atoms with Crippen LogP contribution >= 0.6 is 31.9 Å². The smallest absolute Gasteiger partial charge is 0.279 e. The zero-order valence-electron chi connectivity index (χ0n) is 9.84. The third kappa shape index (κ3) is 4.05. The van der Waals surface area contributed by atoms with Crippen LogP contribution in [0.4, 0.5) is 5.69 Å². The molecular formula is C12H15Br2N2O2+. The standard InChI is InChI=1S/C12H14Br2N2O2/c13-9-1-2-11(10(14)7-9)15-12(17)8-16-3-5-18-6-4-16/h1-2,7H,3-6,8H2,(H,15,17)/p+1. The molecule has 2 N–H and O–H groups in total. The quantitative estimate of drug-likeness (QED) is 0.826. The van der Waals surface area contributed by atoms with Crippen molar-refractivity contribution in [3.05, 3.63) is 27.1 Å². The predicted octanol–water partition coefficient (Wildman–Crippen LogP) is 1.07. The number of hydrogen-bond acceptors (Lipinski definition) is 2. The first-order valence-electron chi connectivity index (χ1n) is 5.81. The zero-order valence-corrected chi connectivity index (χ0v) is 13.0. The van der Waals surface area contributed by atoms with Crippen molar-refractivity contribution in [2.45, 2.75) is 0 Å². The van der Waals surface area contributed by atoms with E-state index in [1.165, 1.54) is 4.90 Å². The monoisotopic (exact) mass is 377 g/mol. The average Bonchev–Trinajstić information content (AvgIpc) is 2.34. The summed E-state index contributed by atoms with van der Waals surface area (Å²) in [5.74, 6) is 0.0370. The number of carbonyl (C=O) groups is 1. The fourth-order valence-electron chi connectivity index (χ4n) is 1.85. The number of morpholine rings is 1. The maximum Gasteiger partial charge on any atom is 0.279 e. The number of hydrogen-bond donors (Lipinski definition) is 2. The molecule has 2 rings (SSSR count). The van der Waals surface area contributed by atoms with Crippen molar-refractivity contribution in [3.8, 4) is 0 Å². The van der Waals surface area contributed by atoms with Gasteiger partial charge in [-0.3, -0.25) is 4.79 Å². The maximum absolute atomic E-state index is 11.9. The van der Waals surface area contributed by atoms with Crippen molar-refractivity contribution in [2.24, 2.45) is 0 Å². The van der Waals surface area contributed by atoms with E-state index in [2.05, 4.69) is 37.2 Å². The third-order valence-corrected chi connectivity index (χ3v) is 3.97. The van der Waals surface area contributed by atoms with E-state index in [0.717, 1.165) is 40.9 Å². The first kappa shape index (κ1) is 14.0. The summed E-state index contributed by atoms with van der Waals surface area (Å²) in [5.41, 5.74) is 0.802. The van der Waals surface area contributed by atoms with Gasteiger partial charge in [0.1, 0.15) is 13.1 Å². The normalized spacial score (nSPS) is 16.6. The molecule has 6 heteroatoms. The summed E-state index contributed by atoms with van der Waals surface area (Å²) in [6.45, 7) is 3.77. The maximum atomic E-state index is 11.9. The van der Waals surface area contributed by atoms with Crippen molar-refractivity contribution >= 4 is 43.5 Å². The van der Waals surface area contributed by atoms with Gasteiger partial charge in [0.15, 0.2) is 6.54 Å². The van der Waals surface area contributed by atoms with Crippen LogP contribution in [0.15, 0.2) is 27.1 Å². The second-order valence-electron chi connectivity index (χ2n) is 4.21. The Balaban J connectivity index is 1.90. The molecule has 0 radical (unpaired) electrons. The molecule has 4 nitrogen and oxygen atoms in total. The Morgan fingerprint density at radius 3 is 2.72 bits per heavy atom. The lowest BCUT2D eigenvalue weighted by Gasteiger charge is -2.23. The molecule has 1 aliphatic heterocycles. The number of carbonyl (C=O) groups excluding carboxylic acids is 1. The van der Waals surface area contributed by atoms with E-state index >= 15 is 0 Å². The summed E-state index contributed by atoms with van der Waals surface area (Å²) in [4.78, 5) is 13.2. The molecule has 1 aromatic rings. The summed E-state index contributed by atoms with van der Waals surface area (Å²) in [7, 11) is 0. The molecule has 0 saturated carbocycles. The first-order chi connectivity index (χ1) is 8.65. The predicted molar refractivity (Wildman–Crippen MR) is 76.9 cm³/mol. The number of anilines is 1. The number of quaternary nitrogens is 1. The van der Waals surface area contributed by atoms with Crippen LogP contribution in [0.3, 0.4) is 0 Å². The largest absolute Gasteiger partial charge is 0.370 e. The third-order valence-electron chi connectivity index (χ3n) is 2.82. The van der Waals surface area contributed by atoms with Gasteiger partial charge in [-0.1, -0.05) is 15.9 Å². The number of ether oxygens (including phenoxy) is 1. The van der Waals surface area contributed by atoms with Crippen molar-refractivity contribution in [1.82, 2.24) is 0 Å². The number of nitrogens with one attached hydrogen (secondary N) is 2. The highest BCUT2D eigenvalue weighted by atomic mass is 79.9. The summed E-state index contributed by atoms with van der Waals surface area (Å²) in [5, 5.41) is 2.92. The van der Waals surface area contributed by atoms with E-state index < -0.39 is 0 Å². The van der Waals surface area contributed by atoms with E-state index in [1.807, 2.05) is 18.2 Å². The average molecular weight is 379 g/mol.